The maximum atomic E-state index is 14.0. The highest BCUT2D eigenvalue weighted by Gasteiger charge is 2.39. The molecule has 0 saturated heterocycles. The Morgan fingerprint density at radius 1 is 1.15 bits per heavy atom. The highest BCUT2D eigenvalue weighted by Crippen LogP contribution is 2.45. The van der Waals surface area contributed by atoms with Gasteiger partial charge in [-0.3, -0.25) is 4.79 Å². The minimum absolute atomic E-state index is 0.106. The molecule has 2 nitrogen and oxygen atoms in total. The highest BCUT2D eigenvalue weighted by molar-refractivity contribution is 6.06. The Labute approximate surface area is 149 Å². The molecule has 0 aliphatic heterocycles. The van der Waals surface area contributed by atoms with Gasteiger partial charge in [0.05, 0.1) is 11.1 Å². The molecule has 1 N–H and O–H groups in total. The monoisotopic (exact) mass is 365 g/mol. The number of benzene rings is 2. The number of alkyl halides is 3. The van der Waals surface area contributed by atoms with Gasteiger partial charge in [-0.05, 0) is 47.1 Å². The van der Waals surface area contributed by atoms with E-state index in [0.29, 0.717) is 24.1 Å². The number of halogens is 4. The van der Waals surface area contributed by atoms with Crippen LogP contribution < -0.4 is 5.32 Å². The summed E-state index contributed by atoms with van der Waals surface area (Å²) in [6.45, 7) is 6.27. The van der Waals surface area contributed by atoms with E-state index < -0.39 is 29.0 Å². The van der Waals surface area contributed by atoms with E-state index in [0.717, 1.165) is 23.3 Å². The fourth-order valence-electron chi connectivity index (χ4n) is 3.53. The van der Waals surface area contributed by atoms with Crippen LogP contribution in [0.15, 0.2) is 36.4 Å². The third-order valence-corrected chi connectivity index (χ3v) is 5.41. The second kappa shape index (κ2) is 6.11. The summed E-state index contributed by atoms with van der Waals surface area (Å²) in [5, 5.41) is 2.49. The lowest BCUT2D eigenvalue weighted by Crippen LogP contribution is -2.21. The van der Waals surface area contributed by atoms with Crippen molar-refractivity contribution >= 4 is 11.6 Å². The van der Waals surface area contributed by atoms with E-state index in [4.69, 9.17) is 0 Å². The molecule has 1 aliphatic rings. The number of fused-ring (bicyclic) bond motifs is 1. The van der Waals surface area contributed by atoms with Crippen LogP contribution in [0.4, 0.5) is 23.2 Å². The molecular formula is C20H19F4NO. The maximum Gasteiger partial charge on any atom is 0.417 e. The van der Waals surface area contributed by atoms with E-state index in [9.17, 15) is 22.4 Å². The predicted molar refractivity (Wildman–Crippen MR) is 91.7 cm³/mol. The SMILES string of the molecule is CC1Cc2c(NC(=O)c3c(F)cccc3C(F)(F)F)cccc2C1(C)C. The highest BCUT2D eigenvalue weighted by atomic mass is 19.4. The van der Waals surface area contributed by atoms with Gasteiger partial charge in [0.1, 0.15) is 5.82 Å². The van der Waals surface area contributed by atoms with Gasteiger partial charge < -0.3 is 5.32 Å². The molecule has 3 rings (SSSR count). The minimum atomic E-state index is -4.82. The molecule has 6 heteroatoms. The first-order valence-electron chi connectivity index (χ1n) is 8.33. The molecule has 26 heavy (non-hydrogen) atoms. The Balaban J connectivity index is 2.01. The maximum absolute atomic E-state index is 14.0. The van der Waals surface area contributed by atoms with Gasteiger partial charge in [0, 0.05) is 5.69 Å². The number of rotatable bonds is 2. The molecule has 2 aromatic carbocycles. The van der Waals surface area contributed by atoms with Gasteiger partial charge in [-0.25, -0.2) is 4.39 Å². The van der Waals surface area contributed by atoms with Gasteiger partial charge in [-0.15, -0.1) is 0 Å². The van der Waals surface area contributed by atoms with Crippen molar-refractivity contribution in [1.82, 2.24) is 0 Å². The van der Waals surface area contributed by atoms with Crippen LogP contribution >= 0.6 is 0 Å². The van der Waals surface area contributed by atoms with Gasteiger partial charge in [0.25, 0.3) is 5.91 Å². The number of anilines is 1. The van der Waals surface area contributed by atoms with Crippen LogP contribution in [0, 0.1) is 11.7 Å². The van der Waals surface area contributed by atoms with Gasteiger partial charge in [0.2, 0.25) is 0 Å². The molecular weight excluding hydrogens is 346 g/mol. The third-order valence-electron chi connectivity index (χ3n) is 5.41. The van der Waals surface area contributed by atoms with Crippen molar-refractivity contribution in [1.29, 1.82) is 0 Å². The van der Waals surface area contributed by atoms with Gasteiger partial charge in [-0.1, -0.05) is 39.0 Å². The van der Waals surface area contributed by atoms with E-state index in [-0.39, 0.29) is 5.41 Å². The second-order valence-corrected chi connectivity index (χ2v) is 7.27. The molecule has 2 aromatic rings. The summed E-state index contributed by atoms with van der Waals surface area (Å²) in [6.07, 6.45) is -4.12. The number of hydrogen-bond donors (Lipinski definition) is 1. The number of hydrogen-bond acceptors (Lipinski definition) is 1. The van der Waals surface area contributed by atoms with E-state index in [1.807, 2.05) is 6.07 Å². The molecule has 0 spiro atoms. The van der Waals surface area contributed by atoms with E-state index >= 15 is 0 Å². The summed E-state index contributed by atoms with van der Waals surface area (Å²) >= 11 is 0. The Hall–Kier alpha value is -2.37. The summed E-state index contributed by atoms with van der Waals surface area (Å²) in [5.74, 6) is -1.98. The summed E-state index contributed by atoms with van der Waals surface area (Å²) in [7, 11) is 0. The van der Waals surface area contributed by atoms with E-state index in [1.54, 1.807) is 12.1 Å². The van der Waals surface area contributed by atoms with Crippen molar-refractivity contribution in [2.24, 2.45) is 5.92 Å². The van der Waals surface area contributed by atoms with Crippen LogP contribution in [-0.2, 0) is 18.0 Å². The quantitative estimate of drug-likeness (QED) is 0.693. The zero-order chi connectivity index (χ0) is 19.3. The first-order chi connectivity index (χ1) is 12.0. The largest absolute Gasteiger partial charge is 0.417 e. The summed E-state index contributed by atoms with van der Waals surface area (Å²) in [5.41, 5.74) is 0.00156. The molecule has 1 atom stereocenters. The van der Waals surface area contributed by atoms with Crippen LogP contribution in [0.5, 0.6) is 0 Å². The van der Waals surface area contributed by atoms with Gasteiger partial charge >= 0.3 is 6.18 Å². The van der Waals surface area contributed by atoms with Crippen molar-refractivity contribution in [3.63, 3.8) is 0 Å². The van der Waals surface area contributed by atoms with Crippen LogP contribution in [0.2, 0.25) is 0 Å². The minimum Gasteiger partial charge on any atom is -0.322 e. The lowest BCUT2D eigenvalue weighted by atomic mass is 9.80. The Kier molecular flexibility index (Phi) is 4.33. The number of carbonyl (C=O) groups excluding carboxylic acids is 1. The zero-order valence-corrected chi connectivity index (χ0v) is 14.7. The first kappa shape index (κ1) is 18.4. The molecule has 0 bridgehead atoms. The Morgan fingerprint density at radius 3 is 2.46 bits per heavy atom. The molecule has 0 fully saturated rings. The molecule has 0 aromatic heterocycles. The smallest absolute Gasteiger partial charge is 0.322 e. The van der Waals surface area contributed by atoms with Crippen LogP contribution in [0.1, 0.15) is 47.8 Å². The molecule has 1 amide bonds. The second-order valence-electron chi connectivity index (χ2n) is 7.27. The molecule has 138 valence electrons. The number of amides is 1. The topological polar surface area (TPSA) is 29.1 Å². The van der Waals surface area contributed by atoms with Gasteiger partial charge in [0.15, 0.2) is 0 Å². The summed E-state index contributed by atoms with van der Waals surface area (Å²) in [6, 6.07) is 7.85. The lowest BCUT2D eigenvalue weighted by Gasteiger charge is -2.25. The molecule has 0 radical (unpaired) electrons. The molecule has 0 heterocycles. The van der Waals surface area contributed by atoms with E-state index in [2.05, 4.69) is 26.1 Å². The van der Waals surface area contributed by atoms with Crippen LogP contribution in [0.3, 0.4) is 0 Å². The Morgan fingerprint density at radius 2 is 1.81 bits per heavy atom. The van der Waals surface area contributed by atoms with Crippen LogP contribution in [-0.4, -0.2) is 5.91 Å². The van der Waals surface area contributed by atoms with Crippen molar-refractivity contribution in [2.75, 3.05) is 5.32 Å². The number of nitrogens with one attached hydrogen (secondary N) is 1. The molecule has 1 aliphatic carbocycles. The average Bonchev–Trinajstić information content (AvgIpc) is 2.77. The normalized spacial score (nSPS) is 18.5. The number of carbonyl (C=O) groups is 1. The standard InChI is InChI=1S/C20H19F4NO/c1-11-10-12-13(19(11,2)3)6-5-9-16(12)25-18(26)17-14(20(22,23)24)7-4-8-15(17)21/h4-9,11H,10H2,1-3H3,(H,25,26). The lowest BCUT2D eigenvalue weighted by molar-refractivity contribution is -0.138. The summed E-state index contributed by atoms with van der Waals surface area (Å²) in [4.78, 5) is 12.5. The van der Waals surface area contributed by atoms with Gasteiger partial charge in [-0.2, -0.15) is 13.2 Å². The van der Waals surface area contributed by atoms with Crippen molar-refractivity contribution < 1.29 is 22.4 Å². The zero-order valence-electron chi connectivity index (χ0n) is 14.7. The molecule has 0 saturated carbocycles. The van der Waals surface area contributed by atoms with E-state index in [1.165, 1.54) is 0 Å². The first-order valence-corrected chi connectivity index (χ1v) is 8.33. The average molecular weight is 365 g/mol. The molecule has 1 unspecified atom stereocenters. The fourth-order valence-corrected chi connectivity index (χ4v) is 3.53. The Bertz CT molecular complexity index is 871. The predicted octanol–water partition coefficient (Wildman–Crippen LogP) is 5.57. The summed E-state index contributed by atoms with van der Waals surface area (Å²) < 4.78 is 53.5. The third kappa shape index (κ3) is 2.97. The fraction of sp³-hybridized carbons (Fsp3) is 0.350. The van der Waals surface area contributed by atoms with Crippen molar-refractivity contribution in [3.8, 4) is 0 Å². The van der Waals surface area contributed by atoms with Crippen LogP contribution in [0.25, 0.3) is 0 Å². The van der Waals surface area contributed by atoms with Crippen molar-refractivity contribution in [2.45, 2.75) is 38.8 Å². The van der Waals surface area contributed by atoms with Crippen molar-refractivity contribution in [3.05, 3.63) is 64.5 Å².